The first-order valence-electron chi connectivity index (χ1n) is 6.69. The van der Waals surface area contributed by atoms with Gasteiger partial charge in [-0.1, -0.05) is 13.0 Å². The van der Waals surface area contributed by atoms with E-state index >= 15 is 0 Å². The molecule has 0 aliphatic heterocycles. The van der Waals surface area contributed by atoms with E-state index in [1.54, 1.807) is 6.07 Å². The summed E-state index contributed by atoms with van der Waals surface area (Å²) in [5.74, 6) is 2.06. The predicted octanol–water partition coefficient (Wildman–Crippen LogP) is 2.29. The van der Waals surface area contributed by atoms with Crippen LogP contribution in [0.25, 0.3) is 0 Å². The summed E-state index contributed by atoms with van der Waals surface area (Å²) in [6, 6.07) is 5.47. The van der Waals surface area contributed by atoms with Gasteiger partial charge in [0.2, 0.25) is 0 Å². The third kappa shape index (κ3) is 3.45. The smallest absolute Gasteiger partial charge is 0.269 e. The van der Waals surface area contributed by atoms with Gasteiger partial charge in [-0.15, -0.1) is 0 Å². The Bertz CT molecular complexity index is 415. The molecule has 0 radical (unpaired) electrons. The number of rotatable bonds is 6. The van der Waals surface area contributed by atoms with Crippen LogP contribution in [0.15, 0.2) is 18.2 Å². The summed E-state index contributed by atoms with van der Waals surface area (Å²) in [7, 11) is 0. The predicted molar refractivity (Wildman–Crippen MR) is 72.6 cm³/mol. The first-order valence-corrected chi connectivity index (χ1v) is 6.69. The van der Waals surface area contributed by atoms with E-state index in [0.29, 0.717) is 11.6 Å². The number of carbonyl (C=O) groups excluding carboxylic acids is 1. The lowest BCUT2D eigenvalue weighted by Crippen LogP contribution is -2.29. The van der Waals surface area contributed by atoms with Gasteiger partial charge >= 0.3 is 0 Å². The number of nitrogens with zero attached hydrogens (tertiary/aromatic N) is 1. The number of anilines is 1. The maximum Gasteiger partial charge on any atom is 0.269 e. The Labute approximate surface area is 108 Å². The molecule has 1 saturated carbocycles. The van der Waals surface area contributed by atoms with Crippen molar-refractivity contribution in [3.8, 4) is 0 Å². The molecule has 0 spiro atoms. The van der Waals surface area contributed by atoms with Crippen LogP contribution in [0, 0.1) is 11.8 Å². The molecule has 1 aromatic rings. The molecule has 1 atom stereocenters. The quantitative estimate of drug-likeness (QED) is 0.811. The Balaban J connectivity index is 1.88. The van der Waals surface area contributed by atoms with Crippen LogP contribution in [0.1, 0.15) is 37.2 Å². The number of nitrogens with one attached hydrogen (secondary N) is 2. The van der Waals surface area contributed by atoms with Gasteiger partial charge in [-0.25, -0.2) is 4.98 Å². The summed E-state index contributed by atoms with van der Waals surface area (Å²) in [4.78, 5) is 16.2. The lowest BCUT2D eigenvalue weighted by atomic mass is 10.1. The van der Waals surface area contributed by atoms with Crippen LogP contribution >= 0.6 is 0 Å². The topological polar surface area (TPSA) is 54.0 Å². The van der Waals surface area contributed by atoms with Crippen LogP contribution in [-0.4, -0.2) is 24.0 Å². The van der Waals surface area contributed by atoms with Crippen LogP contribution in [0.2, 0.25) is 0 Å². The fourth-order valence-corrected chi connectivity index (χ4v) is 2.02. The first kappa shape index (κ1) is 12.9. The van der Waals surface area contributed by atoms with E-state index < -0.39 is 0 Å². The zero-order chi connectivity index (χ0) is 13.0. The molecule has 1 aliphatic carbocycles. The van der Waals surface area contributed by atoms with Crippen LogP contribution in [-0.2, 0) is 0 Å². The average molecular weight is 247 g/mol. The van der Waals surface area contributed by atoms with Crippen LogP contribution in [0.4, 0.5) is 5.82 Å². The van der Waals surface area contributed by atoms with Gasteiger partial charge in [0.15, 0.2) is 0 Å². The minimum Gasteiger partial charge on any atom is -0.370 e. The Kier molecular flexibility index (Phi) is 4.18. The Morgan fingerprint density at radius 3 is 2.94 bits per heavy atom. The zero-order valence-electron chi connectivity index (χ0n) is 11.1. The van der Waals surface area contributed by atoms with Gasteiger partial charge in [0, 0.05) is 13.1 Å². The fourth-order valence-electron chi connectivity index (χ4n) is 2.02. The number of aromatic nitrogens is 1. The molecular weight excluding hydrogens is 226 g/mol. The summed E-state index contributed by atoms with van der Waals surface area (Å²) < 4.78 is 0. The zero-order valence-corrected chi connectivity index (χ0v) is 11.1. The molecule has 1 unspecified atom stereocenters. The standard InChI is InChI=1S/C14H21N3O/c1-3-15-13-6-4-5-12(17-13)14(18)16-9-10(2)11-7-8-11/h4-6,10-11H,3,7-9H2,1-2H3,(H,15,17)(H,16,18). The largest absolute Gasteiger partial charge is 0.370 e. The molecular formula is C14H21N3O. The third-order valence-corrected chi connectivity index (χ3v) is 3.35. The molecule has 0 bridgehead atoms. The van der Waals surface area contributed by atoms with Gasteiger partial charge in [-0.2, -0.15) is 0 Å². The minimum absolute atomic E-state index is 0.0812. The first-order chi connectivity index (χ1) is 8.70. The van der Waals surface area contributed by atoms with Crippen molar-refractivity contribution in [1.82, 2.24) is 10.3 Å². The highest BCUT2D eigenvalue weighted by atomic mass is 16.1. The highest BCUT2D eigenvalue weighted by Gasteiger charge is 2.27. The third-order valence-electron chi connectivity index (χ3n) is 3.35. The number of pyridine rings is 1. The molecule has 1 heterocycles. The van der Waals surface area contributed by atoms with Gasteiger partial charge in [-0.05, 0) is 43.7 Å². The van der Waals surface area contributed by atoms with Gasteiger partial charge in [0.1, 0.15) is 11.5 Å². The summed E-state index contributed by atoms with van der Waals surface area (Å²) in [5.41, 5.74) is 0.483. The number of hydrogen-bond acceptors (Lipinski definition) is 3. The second-order valence-corrected chi connectivity index (χ2v) is 4.96. The maximum absolute atomic E-state index is 11.9. The van der Waals surface area contributed by atoms with Crippen molar-refractivity contribution in [1.29, 1.82) is 0 Å². The van der Waals surface area contributed by atoms with Crippen LogP contribution in [0.3, 0.4) is 0 Å². The molecule has 1 aromatic heterocycles. The van der Waals surface area contributed by atoms with Crippen molar-refractivity contribution < 1.29 is 4.79 Å². The van der Waals surface area contributed by atoms with E-state index in [4.69, 9.17) is 0 Å². The van der Waals surface area contributed by atoms with E-state index in [0.717, 1.165) is 24.8 Å². The van der Waals surface area contributed by atoms with Gasteiger partial charge in [0.25, 0.3) is 5.91 Å². The lowest BCUT2D eigenvalue weighted by Gasteiger charge is -2.11. The van der Waals surface area contributed by atoms with E-state index in [2.05, 4.69) is 22.5 Å². The minimum atomic E-state index is -0.0812. The summed E-state index contributed by atoms with van der Waals surface area (Å²) >= 11 is 0. The Morgan fingerprint density at radius 2 is 2.28 bits per heavy atom. The highest BCUT2D eigenvalue weighted by molar-refractivity contribution is 5.92. The second kappa shape index (κ2) is 5.85. The van der Waals surface area contributed by atoms with Crippen molar-refractivity contribution >= 4 is 11.7 Å². The molecule has 1 fully saturated rings. The van der Waals surface area contributed by atoms with Gasteiger partial charge in [-0.3, -0.25) is 4.79 Å². The van der Waals surface area contributed by atoms with E-state index in [1.807, 2.05) is 19.1 Å². The Morgan fingerprint density at radius 1 is 1.50 bits per heavy atom. The molecule has 18 heavy (non-hydrogen) atoms. The van der Waals surface area contributed by atoms with Crippen molar-refractivity contribution in [3.63, 3.8) is 0 Å². The van der Waals surface area contributed by atoms with Crippen LogP contribution in [0.5, 0.6) is 0 Å². The monoisotopic (exact) mass is 247 g/mol. The summed E-state index contributed by atoms with van der Waals surface area (Å²) in [5, 5.41) is 6.06. The average Bonchev–Trinajstić information content (AvgIpc) is 3.20. The number of amides is 1. The molecule has 4 heteroatoms. The molecule has 2 N–H and O–H groups in total. The second-order valence-electron chi connectivity index (χ2n) is 4.96. The normalized spacial score (nSPS) is 16.1. The molecule has 0 saturated heterocycles. The maximum atomic E-state index is 11.9. The van der Waals surface area contributed by atoms with Gasteiger partial charge < -0.3 is 10.6 Å². The number of hydrogen-bond donors (Lipinski definition) is 2. The highest BCUT2D eigenvalue weighted by Crippen LogP contribution is 2.36. The van der Waals surface area contributed by atoms with Crippen molar-refractivity contribution in [2.24, 2.45) is 11.8 Å². The SMILES string of the molecule is CCNc1cccc(C(=O)NCC(C)C2CC2)n1. The summed E-state index contributed by atoms with van der Waals surface area (Å²) in [6.45, 7) is 5.75. The van der Waals surface area contributed by atoms with Crippen molar-refractivity contribution in [3.05, 3.63) is 23.9 Å². The van der Waals surface area contributed by atoms with Gasteiger partial charge in [0.05, 0.1) is 0 Å². The fraction of sp³-hybridized carbons (Fsp3) is 0.571. The van der Waals surface area contributed by atoms with E-state index in [1.165, 1.54) is 12.8 Å². The van der Waals surface area contributed by atoms with Crippen molar-refractivity contribution in [2.75, 3.05) is 18.4 Å². The molecule has 98 valence electrons. The Hall–Kier alpha value is -1.58. The molecule has 0 aromatic carbocycles. The summed E-state index contributed by atoms with van der Waals surface area (Å²) in [6.07, 6.45) is 2.62. The molecule has 4 nitrogen and oxygen atoms in total. The molecule has 2 rings (SSSR count). The van der Waals surface area contributed by atoms with E-state index in [-0.39, 0.29) is 5.91 Å². The molecule has 1 amide bonds. The lowest BCUT2D eigenvalue weighted by molar-refractivity contribution is 0.0942. The van der Waals surface area contributed by atoms with E-state index in [9.17, 15) is 4.79 Å². The van der Waals surface area contributed by atoms with Crippen molar-refractivity contribution in [2.45, 2.75) is 26.7 Å². The van der Waals surface area contributed by atoms with Crippen LogP contribution < -0.4 is 10.6 Å². The number of carbonyl (C=O) groups is 1. The molecule has 1 aliphatic rings.